The molecular formula is C39H79N2O25P3. The summed E-state index contributed by atoms with van der Waals surface area (Å²) in [5.74, 6) is -0.217. The van der Waals surface area contributed by atoms with Crippen LogP contribution in [0, 0.1) is 0 Å². The van der Waals surface area contributed by atoms with Crippen LogP contribution in [-0.4, -0.2) is 198 Å². The molecule has 0 radical (unpaired) electrons. The second-order valence-corrected chi connectivity index (χ2v) is 19.4. The molecule has 0 aliphatic heterocycles. The van der Waals surface area contributed by atoms with Crippen molar-refractivity contribution in [1.29, 1.82) is 0 Å². The molecule has 0 rings (SSSR count). The molecule has 0 bridgehead atoms. The summed E-state index contributed by atoms with van der Waals surface area (Å²) >= 11 is 0. The van der Waals surface area contributed by atoms with Gasteiger partial charge in [-0.2, -0.15) is 0 Å². The van der Waals surface area contributed by atoms with Gasteiger partial charge in [-0.05, 0) is 58.8 Å². The Morgan fingerprint density at radius 3 is 1.74 bits per heavy atom. The second-order valence-electron chi connectivity index (χ2n) is 15.2. The molecule has 0 aromatic carbocycles. The molecule has 9 unspecified atom stereocenters. The molecule has 0 fully saturated rings. The van der Waals surface area contributed by atoms with Crippen LogP contribution in [0.15, 0.2) is 0 Å². The lowest BCUT2D eigenvalue weighted by Gasteiger charge is -2.27. The van der Waals surface area contributed by atoms with Crippen molar-refractivity contribution < 1.29 is 118 Å². The first-order chi connectivity index (χ1) is 32.7. The number of unbranched alkanes of at least 4 members (excludes halogenated alkanes) is 5. The summed E-state index contributed by atoms with van der Waals surface area (Å²) in [4.78, 5) is 68.3. The Labute approximate surface area is 404 Å². The van der Waals surface area contributed by atoms with Gasteiger partial charge in [-0.3, -0.25) is 31.9 Å². The smallest absolute Gasteiger partial charge is 0.447 e. The number of alkyl carbamates (subject to hydrolysis) is 2. The van der Waals surface area contributed by atoms with Crippen LogP contribution in [0.3, 0.4) is 0 Å². The van der Waals surface area contributed by atoms with E-state index in [1.54, 1.807) is 0 Å². The fourth-order valence-electron chi connectivity index (χ4n) is 5.39. The number of amides is 2. The molecule has 27 nitrogen and oxygen atoms in total. The fourth-order valence-corrected chi connectivity index (χ4v) is 8.05. The van der Waals surface area contributed by atoms with Crippen molar-refractivity contribution in [2.45, 2.75) is 121 Å². The number of aliphatic hydroxyl groups excluding tert-OH is 3. The van der Waals surface area contributed by atoms with Gasteiger partial charge in [0, 0.05) is 60.7 Å². The van der Waals surface area contributed by atoms with E-state index in [9.17, 15) is 47.9 Å². The van der Waals surface area contributed by atoms with Crippen molar-refractivity contribution in [3.05, 3.63) is 0 Å². The fraction of sp³-hybridized carbons (Fsp3) is 0.923. The van der Waals surface area contributed by atoms with Gasteiger partial charge in [0.2, 0.25) is 0 Å². The van der Waals surface area contributed by atoms with Crippen LogP contribution in [0.1, 0.15) is 84.5 Å². The first kappa shape index (κ1) is 67.2. The Morgan fingerprint density at radius 1 is 0.565 bits per heavy atom. The lowest BCUT2D eigenvalue weighted by atomic mass is 10.00. The number of phosphoric acid groups is 3. The quantitative estimate of drug-likeness (QED) is 0.0321. The number of phosphoric ester groups is 3. The van der Waals surface area contributed by atoms with Crippen LogP contribution in [0.4, 0.5) is 9.59 Å². The molecule has 0 aliphatic rings. The lowest BCUT2D eigenvalue weighted by molar-refractivity contribution is -0.121. The maximum Gasteiger partial charge on any atom is 0.472 e. The zero-order valence-corrected chi connectivity index (χ0v) is 43.1. The van der Waals surface area contributed by atoms with Crippen molar-refractivity contribution >= 4 is 41.4 Å². The van der Waals surface area contributed by atoms with E-state index in [2.05, 4.69) is 10.6 Å². The molecule has 0 saturated heterocycles. The van der Waals surface area contributed by atoms with E-state index in [-0.39, 0.29) is 71.4 Å². The molecular weight excluding hydrogens is 989 g/mol. The maximum absolute atomic E-state index is 13.2. The Hall–Kier alpha value is -1.78. The first-order valence-electron chi connectivity index (χ1n) is 22.6. The van der Waals surface area contributed by atoms with Crippen LogP contribution < -0.4 is 10.6 Å². The van der Waals surface area contributed by atoms with E-state index in [0.717, 1.165) is 0 Å². The molecule has 8 N–H and O–H groups in total. The van der Waals surface area contributed by atoms with Gasteiger partial charge in [-0.25, -0.2) is 23.3 Å². The minimum Gasteiger partial charge on any atom is -0.447 e. The third-order valence-electron chi connectivity index (χ3n) is 9.45. The van der Waals surface area contributed by atoms with Crippen LogP contribution in [-0.2, 0) is 78.8 Å². The zero-order valence-electron chi connectivity index (χ0n) is 40.4. The van der Waals surface area contributed by atoms with Crippen LogP contribution in [0.5, 0.6) is 0 Å². The van der Waals surface area contributed by atoms with E-state index in [1.807, 2.05) is 0 Å². The Morgan fingerprint density at radius 2 is 1.13 bits per heavy atom. The predicted molar refractivity (Wildman–Crippen MR) is 243 cm³/mol. The number of nitrogens with one attached hydrogen (secondary N) is 2. The minimum atomic E-state index is -5.03. The van der Waals surface area contributed by atoms with Gasteiger partial charge < -0.3 is 73.8 Å². The summed E-state index contributed by atoms with van der Waals surface area (Å²) in [5.41, 5.74) is 0. The molecule has 0 aliphatic carbocycles. The second kappa shape index (κ2) is 40.7. The number of carbonyl (C=O) groups excluding carboxylic acids is 3. The van der Waals surface area contributed by atoms with Gasteiger partial charge in [0.1, 0.15) is 31.5 Å². The highest BCUT2D eigenvalue weighted by Gasteiger charge is 2.36. The van der Waals surface area contributed by atoms with Gasteiger partial charge in [0.05, 0.1) is 64.5 Å². The molecule has 0 spiro atoms. The average molecular weight is 1070 g/mol. The van der Waals surface area contributed by atoms with E-state index in [1.165, 1.54) is 35.2 Å². The minimum absolute atomic E-state index is 0.00333. The summed E-state index contributed by atoms with van der Waals surface area (Å²) in [5, 5.41) is 32.7. The highest BCUT2D eigenvalue weighted by Crippen LogP contribution is 2.49. The third kappa shape index (κ3) is 37.6. The predicted octanol–water partition coefficient (Wildman–Crippen LogP) is 2.90. The number of ether oxygens (including phenoxy) is 7. The Balaban J connectivity index is 4.91. The third-order valence-corrected chi connectivity index (χ3v) is 12.5. The number of carbonyl (C=O) groups is 3. The highest BCUT2D eigenvalue weighted by molar-refractivity contribution is 7.48. The first-order valence-corrected chi connectivity index (χ1v) is 27.1. The molecule has 0 aromatic rings. The van der Waals surface area contributed by atoms with Gasteiger partial charge in [0.15, 0.2) is 5.78 Å². The summed E-state index contributed by atoms with van der Waals surface area (Å²) in [7, 11) is -10.8. The summed E-state index contributed by atoms with van der Waals surface area (Å²) < 4.78 is 103. The molecule has 69 heavy (non-hydrogen) atoms. The van der Waals surface area contributed by atoms with Crippen molar-refractivity contribution in [3.8, 4) is 0 Å². The average Bonchev–Trinajstić information content (AvgIpc) is 3.30. The Kier molecular flexibility index (Phi) is 39.6. The van der Waals surface area contributed by atoms with Crippen molar-refractivity contribution in [1.82, 2.24) is 10.6 Å². The van der Waals surface area contributed by atoms with Gasteiger partial charge >= 0.3 is 35.7 Å². The lowest BCUT2D eigenvalue weighted by Crippen LogP contribution is -2.41. The summed E-state index contributed by atoms with van der Waals surface area (Å²) in [6.07, 6.45) is -2.42. The molecule has 0 heterocycles. The maximum atomic E-state index is 13.2. The van der Waals surface area contributed by atoms with Crippen LogP contribution >= 0.6 is 23.5 Å². The number of ketones is 1. The number of aliphatic hydroxyl groups is 3. The van der Waals surface area contributed by atoms with E-state index < -0.39 is 98.6 Å². The van der Waals surface area contributed by atoms with Crippen molar-refractivity contribution in [3.63, 3.8) is 0 Å². The number of Topliss-reactive ketones (excluding diaryl/α,β-unsaturated/α-hetero) is 1. The molecule has 2 amide bonds. The molecule has 9 atom stereocenters. The molecule has 0 saturated carbocycles. The van der Waals surface area contributed by atoms with Gasteiger partial charge in [-0.15, -0.1) is 0 Å². The summed E-state index contributed by atoms with van der Waals surface area (Å²) in [6, 6.07) is -0.850. The van der Waals surface area contributed by atoms with Crippen molar-refractivity contribution in [2.75, 3.05) is 114 Å². The van der Waals surface area contributed by atoms with Gasteiger partial charge in [-0.1, -0.05) is 19.3 Å². The van der Waals surface area contributed by atoms with Crippen LogP contribution in [0.25, 0.3) is 0 Å². The van der Waals surface area contributed by atoms with E-state index in [0.29, 0.717) is 71.0 Å². The van der Waals surface area contributed by atoms with Crippen molar-refractivity contribution in [2.24, 2.45) is 0 Å². The molecule has 30 heteroatoms. The summed E-state index contributed by atoms with van der Waals surface area (Å²) in [6.45, 7) is 1.25. The SMILES string of the molecule is COCC(COP(=O)(O)OC(COP(=O)(O)OCCCCCCCC(=O)C(CCCCNC(=O)OCCOCCCO)NC(=O)OCCOCCCO)C(C)OC)OP(=O)(O)OCC(O)C(C)OC. The molecule has 410 valence electrons. The Bertz CT molecular complexity index is 1490. The topological polar surface area (TPSA) is 368 Å². The monoisotopic (exact) mass is 1070 g/mol. The number of hydrogen-bond acceptors (Lipinski definition) is 22. The van der Waals surface area contributed by atoms with E-state index in [4.69, 9.17) is 70.5 Å². The van der Waals surface area contributed by atoms with E-state index >= 15 is 0 Å². The number of methoxy groups -OCH3 is 3. The normalized spacial score (nSPS) is 17.0. The number of hydrogen-bond donors (Lipinski definition) is 8. The zero-order chi connectivity index (χ0) is 52.0. The van der Waals surface area contributed by atoms with Crippen LogP contribution in [0.2, 0.25) is 0 Å². The standard InChI is InChI=1S/C39H79N2O25P3/c1-31(55-4)36(45)29-63-68(50,51)65-33(27-54-3)28-62-69(52,53)66-37(32(2)56-5)30-64-67(48,49)61-22-12-8-6-7-9-16-35(44)34(41-39(47)60-26-24-58-21-14-19-43)15-10-11-17-40-38(46)59-25-23-57-20-13-18-42/h31-34,36-37,42-43,45H,6-30H2,1-5H3,(H,40,46)(H,41,47)(H,48,49)(H,50,51)(H,52,53). The molecule has 0 aromatic heterocycles. The highest BCUT2D eigenvalue weighted by atomic mass is 31.2. The number of rotatable bonds is 47. The largest absolute Gasteiger partial charge is 0.472 e. The van der Waals surface area contributed by atoms with Gasteiger partial charge in [0.25, 0.3) is 0 Å².